The Kier molecular flexibility index (Phi) is 9.12. The fourth-order valence-corrected chi connectivity index (χ4v) is 4.82. The average Bonchev–Trinajstić information content (AvgIpc) is 2.36. The molecule has 3 nitrogen and oxygen atoms in total. The van der Waals surface area contributed by atoms with Crippen LogP contribution in [0.1, 0.15) is 66.2 Å². The third-order valence-electron chi connectivity index (χ3n) is 3.42. The van der Waals surface area contributed by atoms with Crippen molar-refractivity contribution in [2.75, 3.05) is 14.2 Å². The Bertz CT molecular complexity index is 207. The lowest BCUT2D eigenvalue weighted by molar-refractivity contribution is -0.0183. The Morgan fingerprint density at radius 3 is 1.89 bits per heavy atom. The molecule has 1 unspecified atom stereocenters. The minimum Gasteiger partial charge on any atom is -0.377 e. The third-order valence-corrected chi connectivity index (χ3v) is 6.58. The van der Waals surface area contributed by atoms with E-state index < -0.39 is 8.80 Å². The van der Waals surface area contributed by atoms with Gasteiger partial charge in [0.25, 0.3) is 0 Å². The molecule has 0 aromatic heterocycles. The zero-order valence-corrected chi connectivity index (χ0v) is 14.2. The van der Waals surface area contributed by atoms with Crippen LogP contribution in [0.3, 0.4) is 0 Å². The molecule has 4 heteroatoms. The van der Waals surface area contributed by atoms with E-state index in [1.807, 2.05) is 0 Å². The van der Waals surface area contributed by atoms with Gasteiger partial charge in [0.1, 0.15) is 0 Å². The van der Waals surface area contributed by atoms with E-state index in [1.54, 1.807) is 14.2 Å². The van der Waals surface area contributed by atoms with E-state index in [9.17, 15) is 0 Å². The third kappa shape index (κ3) is 5.82. The molecule has 0 aliphatic carbocycles. The van der Waals surface area contributed by atoms with Crippen LogP contribution in [-0.4, -0.2) is 28.6 Å². The van der Waals surface area contributed by atoms with Gasteiger partial charge in [-0.05, 0) is 19.8 Å². The predicted molar refractivity (Wildman–Crippen MR) is 78.8 cm³/mol. The summed E-state index contributed by atoms with van der Waals surface area (Å²) in [5.41, 5.74) is -0.0990. The van der Waals surface area contributed by atoms with Crippen molar-refractivity contribution in [3.05, 3.63) is 0 Å². The van der Waals surface area contributed by atoms with Gasteiger partial charge in [-0.1, -0.05) is 46.5 Å². The molecule has 0 heterocycles. The largest absolute Gasteiger partial charge is 0.500 e. The lowest BCUT2D eigenvalue weighted by Gasteiger charge is -2.38. The SMILES string of the molecule is CCCCC(C)(CCC)O[Si](CCC)(OC)OC. The molecule has 0 amide bonds. The van der Waals surface area contributed by atoms with Crippen LogP contribution in [0.25, 0.3) is 0 Å². The minimum absolute atomic E-state index is 0.0990. The minimum atomic E-state index is -2.47. The highest BCUT2D eigenvalue weighted by atomic mass is 28.4. The van der Waals surface area contributed by atoms with E-state index in [1.165, 1.54) is 12.8 Å². The first-order valence-electron chi connectivity index (χ1n) is 7.31. The van der Waals surface area contributed by atoms with Crippen molar-refractivity contribution in [2.45, 2.75) is 77.9 Å². The van der Waals surface area contributed by atoms with Crippen molar-refractivity contribution >= 4 is 8.80 Å². The van der Waals surface area contributed by atoms with Crippen LogP contribution < -0.4 is 0 Å². The quantitative estimate of drug-likeness (QED) is 0.524. The average molecular weight is 276 g/mol. The Balaban J connectivity index is 4.78. The van der Waals surface area contributed by atoms with Crippen molar-refractivity contribution in [2.24, 2.45) is 0 Å². The molecular formula is C14H32O3Si. The summed E-state index contributed by atoms with van der Waals surface area (Å²) in [6, 6.07) is 0.894. The first kappa shape index (κ1) is 18.1. The Hall–Kier alpha value is 0.0969. The monoisotopic (exact) mass is 276 g/mol. The molecule has 0 aromatic rings. The van der Waals surface area contributed by atoms with Gasteiger partial charge in [-0.3, -0.25) is 0 Å². The number of hydrogen-bond donors (Lipinski definition) is 0. The topological polar surface area (TPSA) is 27.7 Å². The summed E-state index contributed by atoms with van der Waals surface area (Å²) in [5.74, 6) is 0. The van der Waals surface area contributed by atoms with Crippen LogP contribution in [0.2, 0.25) is 6.04 Å². The molecule has 0 rings (SSSR count). The summed E-state index contributed by atoms with van der Waals surface area (Å²) in [6.07, 6.45) is 6.71. The molecule has 0 radical (unpaired) electrons. The molecule has 0 N–H and O–H groups in total. The maximum atomic E-state index is 6.40. The second-order valence-electron chi connectivity index (χ2n) is 5.25. The smallest absolute Gasteiger partial charge is 0.377 e. The predicted octanol–water partition coefficient (Wildman–Crippen LogP) is 4.39. The standard InChI is InChI=1S/C14H32O3Si/c1-7-10-12-14(4,11-8-2)17-18(15-5,16-6)13-9-3/h7-13H2,1-6H3. The van der Waals surface area contributed by atoms with Crippen LogP contribution >= 0.6 is 0 Å². The second-order valence-corrected chi connectivity index (χ2v) is 8.13. The normalized spacial score (nSPS) is 15.7. The van der Waals surface area contributed by atoms with Crippen LogP contribution in [0.4, 0.5) is 0 Å². The van der Waals surface area contributed by atoms with Gasteiger partial charge in [0.15, 0.2) is 0 Å². The molecule has 0 saturated carbocycles. The van der Waals surface area contributed by atoms with E-state index in [0.29, 0.717) is 0 Å². The summed E-state index contributed by atoms with van der Waals surface area (Å²) in [7, 11) is 0.974. The van der Waals surface area contributed by atoms with Gasteiger partial charge in [-0.15, -0.1) is 0 Å². The van der Waals surface area contributed by atoms with E-state index in [-0.39, 0.29) is 5.60 Å². The van der Waals surface area contributed by atoms with E-state index >= 15 is 0 Å². The molecule has 0 aromatic carbocycles. The molecule has 110 valence electrons. The van der Waals surface area contributed by atoms with Crippen molar-refractivity contribution in [3.8, 4) is 0 Å². The maximum Gasteiger partial charge on any atom is 0.500 e. The molecule has 0 aliphatic heterocycles. The van der Waals surface area contributed by atoms with Gasteiger partial charge in [0.05, 0.1) is 5.60 Å². The fraction of sp³-hybridized carbons (Fsp3) is 1.00. The van der Waals surface area contributed by atoms with Crippen LogP contribution in [0, 0.1) is 0 Å². The van der Waals surface area contributed by atoms with Crippen molar-refractivity contribution in [1.29, 1.82) is 0 Å². The van der Waals surface area contributed by atoms with Gasteiger partial charge < -0.3 is 13.3 Å². The van der Waals surface area contributed by atoms with Crippen molar-refractivity contribution < 1.29 is 13.3 Å². The Morgan fingerprint density at radius 2 is 1.50 bits per heavy atom. The Morgan fingerprint density at radius 1 is 0.889 bits per heavy atom. The molecule has 18 heavy (non-hydrogen) atoms. The van der Waals surface area contributed by atoms with Gasteiger partial charge in [-0.2, -0.15) is 0 Å². The Labute approximate surface area is 115 Å². The summed E-state index contributed by atoms with van der Waals surface area (Å²) in [5, 5.41) is 0. The number of hydrogen-bond acceptors (Lipinski definition) is 3. The van der Waals surface area contributed by atoms with Crippen LogP contribution in [-0.2, 0) is 13.3 Å². The van der Waals surface area contributed by atoms with Crippen LogP contribution in [0.15, 0.2) is 0 Å². The molecule has 0 aliphatic rings. The highest BCUT2D eigenvalue weighted by molar-refractivity contribution is 6.60. The zero-order chi connectivity index (χ0) is 14.1. The van der Waals surface area contributed by atoms with Crippen molar-refractivity contribution in [3.63, 3.8) is 0 Å². The summed E-state index contributed by atoms with van der Waals surface area (Å²) >= 11 is 0. The number of rotatable bonds is 11. The molecule has 0 fully saturated rings. The molecular weight excluding hydrogens is 244 g/mol. The molecule has 0 bridgehead atoms. The second kappa shape index (κ2) is 9.07. The lowest BCUT2D eigenvalue weighted by Crippen LogP contribution is -2.50. The molecule has 0 spiro atoms. The summed E-state index contributed by atoms with van der Waals surface area (Å²) in [4.78, 5) is 0. The van der Waals surface area contributed by atoms with Gasteiger partial charge in [0, 0.05) is 20.3 Å². The van der Waals surface area contributed by atoms with E-state index in [2.05, 4.69) is 27.7 Å². The summed E-state index contributed by atoms with van der Waals surface area (Å²) in [6.45, 7) is 8.78. The zero-order valence-electron chi connectivity index (χ0n) is 13.2. The van der Waals surface area contributed by atoms with E-state index in [4.69, 9.17) is 13.3 Å². The van der Waals surface area contributed by atoms with Gasteiger partial charge in [0.2, 0.25) is 0 Å². The van der Waals surface area contributed by atoms with Crippen molar-refractivity contribution in [1.82, 2.24) is 0 Å². The highest BCUT2D eigenvalue weighted by Crippen LogP contribution is 2.31. The van der Waals surface area contributed by atoms with Crippen LogP contribution in [0.5, 0.6) is 0 Å². The highest BCUT2D eigenvalue weighted by Gasteiger charge is 2.44. The first-order valence-corrected chi connectivity index (χ1v) is 9.25. The molecule has 1 atom stereocenters. The lowest BCUT2D eigenvalue weighted by atomic mass is 9.94. The maximum absolute atomic E-state index is 6.40. The number of unbranched alkanes of at least 4 members (excludes halogenated alkanes) is 1. The van der Waals surface area contributed by atoms with E-state index in [0.717, 1.165) is 31.7 Å². The van der Waals surface area contributed by atoms with Gasteiger partial charge in [-0.25, -0.2) is 0 Å². The molecule has 0 saturated heterocycles. The fourth-order valence-electron chi connectivity index (χ4n) is 2.41. The summed E-state index contributed by atoms with van der Waals surface area (Å²) < 4.78 is 17.7. The first-order chi connectivity index (χ1) is 8.51. The van der Waals surface area contributed by atoms with Gasteiger partial charge >= 0.3 is 8.80 Å².